The quantitative estimate of drug-likeness (QED) is 0.0280. The first-order valence-electron chi connectivity index (χ1n) is 40.4. The molecule has 1 saturated carbocycles. The van der Waals surface area contributed by atoms with E-state index < -0.39 is 124 Å². The Bertz CT molecular complexity index is 3730. The van der Waals surface area contributed by atoms with Crippen molar-refractivity contribution < 1.29 is 100 Å². The number of likely N-dealkylation sites (tertiary alicyclic amines) is 2. The van der Waals surface area contributed by atoms with Crippen molar-refractivity contribution in [3.8, 4) is 11.5 Å². The van der Waals surface area contributed by atoms with E-state index in [1.807, 2.05) is 74.4 Å². The van der Waals surface area contributed by atoms with E-state index in [9.17, 15) is 67.1 Å². The molecule has 12 atom stereocenters. The topological polar surface area (TPSA) is 390 Å². The minimum atomic E-state index is -0.991. The van der Waals surface area contributed by atoms with Gasteiger partial charge >= 0.3 is 12.1 Å². The number of carbonyl (C=O) groups excluding carboxylic acids is 15. The summed E-state index contributed by atoms with van der Waals surface area (Å²) in [6, 6.07) is 7.79. The predicted molar refractivity (Wildman–Crippen MR) is 428 cm³/mol. The standard InChI is InChI=1S/C84H125N9O21S/c1-17-52(8)77(90(12)81(106)60(50(4)5)41-64(96)76(51(6)7)89(10)11)68(111-15)42-73(101)92-46-57(39-62(92)78(112-16)53(9)79(104)86-45-65(97)56-30-31-66(109-13)67(38-56)110-14)87-83(108)113-47-55-28-26-54(27-29-55)37-63(95)61(24-20-21-25-70(85)98)88-80(105)59(49(2)3)40-58(94)23-19-18-22-36-91-74(102)43-69(82(91)107)115-48-84(34-35-84)44-75(103)114-93-71(99)32-33-72(93)100/h26-31,38,49-53,57,59-62,68-69,76-78H,17-25,32-37,39-48H2,1-16H3,(H2,85,98)(H,86,104)(H,87,108)(H,88,105)/t52-,53+,57-,59-,60-,61-,62-,68+,69?,76-,77-,78+/m0/s1. The summed E-state index contributed by atoms with van der Waals surface area (Å²) in [5.41, 5.74) is 6.38. The lowest BCUT2D eigenvalue weighted by atomic mass is 9.83. The SMILES string of the molecule is CC[C@H](C)[C@@H]([C@@H](CC(=O)N1C[C@@H](NC(=O)OCc2ccc(CC(=O)[C@H](CCCCC(N)=O)NC(=O)[C@@H](CC(=O)CCCCCN3C(=O)CC(SCC4(CC(=O)ON5C(=O)CCC5=O)CC4)C3=O)C(C)C)cc2)C[C@H]1[C@H](OC)[C@@H](C)C(=O)NCC(=O)c1ccc(OC)c(OC)c1)OC)N(C)C(=O)[C@@H](CC(=O)[C@H](C(C)C)N(C)C)C(C)C. The molecule has 115 heavy (non-hydrogen) atoms. The van der Waals surface area contributed by atoms with Crippen molar-refractivity contribution >= 4 is 100 Å². The summed E-state index contributed by atoms with van der Waals surface area (Å²) in [6.07, 6.45) is 1.54. The number of primary amides is 1. The third kappa shape index (κ3) is 27.5. The van der Waals surface area contributed by atoms with Crippen LogP contribution in [-0.4, -0.2) is 236 Å². The molecule has 638 valence electrons. The number of thioether (sulfide) groups is 1. The Labute approximate surface area is 681 Å². The molecule has 1 aliphatic carbocycles. The number of hydrogen-bond donors (Lipinski definition) is 4. The monoisotopic (exact) mass is 1630 g/mol. The molecular formula is C84H125N9O21S. The molecule has 31 heteroatoms. The van der Waals surface area contributed by atoms with Gasteiger partial charge in [0.05, 0.1) is 87.2 Å². The number of amides is 10. The lowest BCUT2D eigenvalue weighted by Crippen LogP contribution is -2.54. The maximum atomic E-state index is 15.2. The van der Waals surface area contributed by atoms with Gasteiger partial charge in [-0.1, -0.05) is 106 Å². The fourth-order valence-corrected chi connectivity index (χ4v) is 17.2. The average molecular weight is 1630 g/mol. The molecule has 30 nitrogen and oxygen atoms in total. The molecule has 6 rings (SSSR count). The number of methoxy groups -OCH3 is 4. The lowest BCUT2D eigenvalue weighted by molar-refractivity contribution is -0.198. The minimum Gasteiger partial charge on any atom is -0.493 e. The Hall–Kier alpha value is -8.68. The third-order valence-electron chi connectivity index (χ3n) is 22.9. The zero-order valence-corrected chi connectivity index (χ0v) is 71.0. The van der Waals surface area contributed by atoms with Gasteiger partial charge in [0.25, 0.3) is 11.8 Å². The second-order valence-corrected chi connectivity index (χ2v) is 33.9. The van der Waals surface area contributed by atoms with Crippen LogP contribution in [0.3, 0.4) is 0 Å². The van der Waals surface area contributed by atoms with Crippen molar-refractivity contribution in [3.63, 3.8) is 0 Å². The van der Waals surface area contributed by atoms with Crippen LogP contribution in [0.2, 0.25) is 0 Å². The zero-order chi connectivity index (χ0) is 85.3. The number of ketones is 4. The van der Waals surface area contributed by atoms with E-state index in [1.54, 1.807) is 60.2 Å². The second kappa shape index (κ2) is 45.2. The molecule has 10 amide bonds. The summed E-state index contributed by atoms with van der Waals surface area (Å²) < 4.78 is 28.7. The number of hydroxylamine groups is 2. The van der Waals surface area contributed by atoms with Crippen LogP contribution in [0.1, 0.15) is 206 Å². The average Bonchev–Trinajstić information content (AvgIpc) is 1.28. The first kappa shape index (κ1) is 95.2. The fourth-order valence-electron chi connectivity index (χ4n) is 15.7. The number of ether oxygens (including phenoxy) is 5. The second-order valence-electron chi connectivity index (χ2n) is 32.7. The van der Waals surface area contributed by atoms with Gasteiger partial charge < -0.3 is 60.0 Å². The van der Waals surface area contributed by atoms with Crippen LogP contribution in [0.15, 0.2) is 42.5 Å². The molecule has 5 N–H and O–H groups in total. The van der Waals surface area contributed by atoms with Gasteiger partial charge in [-0.3, -0.25) is 72.1 Å². The Morgan fingerprint density at radius 2 is 1.35 bits per heavy atom. The number of hydrogen-bond acceptors (Lipinski definition) is 23. The summed E-state index contributed by atoms with van der Waals surface area (Å²) in [5.74, 6) is -7.57. The van der Waals surface area contributed by atoms with E-state index in [0.717, 1.165) is 0 Å². The first-order chi connectivity index (χ1) is 54.4. The van der Waals surface area contributed by atoms with E-state index in [-0.39, 0.29) is 168 Å². The number of imide groups is 2. The van der Waals surface area contributed by atoms with Crippen molar-refractivity contribution in [2.75, 3.05) is 75.0 Å². The Balaban J connectivity index is 1.06. The molecular weight excluding hydrogens is 1500 g/mol. The molecule has 2 aromatic carbocycles. The molecule has 3 heterocycles. The number of alkyl carbamates (subject to hydrolysis) is 1. The van der Waals surface area contributed by atoms with Crippen LogP contribution >= 0.6 is 11.8 Å². The number of Topliss-reactive ketones (excluding diaryl/α,β-unsaturated/α-hetero) is 4. The Morgan fingerprint density at radius 1 is 0.704 bits per heavy atom. The van der Waals surface area contributed by atoms with Gasteiger partial charge in [0.1, 0.15) is 12.4 Å². The van der Waals surface area contributed by atoms with Crippen molar-refractivity contribution in [2.24, 2.45) is 52.6 Å². The van der Waals surface area contributed by atoms with Crippen LogP contribution in [0.4, 0.5) is 4.79 Å². The highest BCUT2D eigenvalue weighted by Gasteiger charge is 2.50. The normalized spacial score (nSPS) is 19.0. The number of unbranched alkanes of at least 4 members (excludes halogenated alkanes) is 3. The summed E-state index contributed by atoms with van der Waals surface area (Å²) in [7, 11) is 11.2. The number of benzene rings is 2. The largest absolute Gasteiger partial charge is 0.493 e. The molecule has 2 aromatic rings. The van der Waals surface area contributed by atoms with Gasteiger partial charge in [0.2, 0.25) is 41.4 Å². The number of carbonyl (C=O) groups is 15. The van der Waals surface area contributed by atoms with E-state index >= 15 is 4.79 Å². The summed E-state index contributed by atoms with van der Waals surface area (Å²) in [5, 5.41) is 8.46. The molecule has 0 spiro atoms. The van der Waals surface area contributed by atoms with Gasteiger partial charge in [0, 0.05) is 109 Å². The summed E-state index contributed by atoms with van der Waals surface area (Å²) >= 11 is 1.31. The molecule has 4 fully saturated rings. The number of nitrogens with two attached hydrogens (primary N) is 1. The number of likely N-dealkylation sites (N-methyl/N-ethyl adjacent to an activating group) is 2. The van der Waals surface area contributed by atoms with Crippen LogP contribution in [0.25, 0.3) is 0 Å². The number of nitrogens with one attached hydrogen (secondary N) is 3. The van der Waals surface area contributed by atoms with Crippen LogP contribution < -0.4 is 31.2 Å². The van der Waals surface area contributed by atoms with Crippen molar-refractivity contribution in [2.45, 2.75) is 245 Å². The maximum absolute atomic E-state index is 15.2. The van der Waals surface area contributed by atoms with Gasteiger partial charge in [-0.05, 0) is 117 Å². The minimum absolute atomic E-state index is 0.00168. The molecule has 0 bridgehead atoms. The maximum Gasteiger partial charge on any atom is 0.407 e. The van der Waals surface area contributed by atoms with E-state index in [2.05, 4.69) is 16.0 Å². The van der Waals surface area contributed by atoms with Gasteiger partial charge in [-0.25, -0.2) is 9.59 Å². The third-order valence-corrected chi connectivity index (χ3v) is 24.4. The van der Waals surface area contributed by atoms with Crippen LogP contribution in [0.5, 0.6) is 11.5 Å². The lowest BCUT2D eigenvalue weighted by Gasteiger charge is -2.41. The molecule has 3 aliphatic heterocycles. The highest BCUT2D eigenvalue weighted by Crippen LogP contribution is 2.52. The molecule has 0 radical (unpaired) electrons. The summed E-state index contributed by atoms with van der Waals surface area (Å²) in [6.45, 7) is 16.5. The van der Waals surface area contributed by atoms with Gasteiger partial charge in [-0.15, -0.1) is 16.8 Å². The first-order valence-corrected chi connectivity index (χ1v) is 41.5. The molecule has 1 unspecified atom stereocenters. The van der Waals surface area contributed by atoms with Crippen LogP contribution in [0, 0.1) is 46.8 Å². The highest BCUT2D eigenvalue weighted by molar-refractivity contribution is 8.00. The van der Waals surface area contributed by atoms with E-state index in [0.29, 0.717) is 84.8 Å². The Morgan fingerprint density at radius 3 is 1.93 bits per heavy atom. The van der Waals surface area contributed by atoms with E-state index in [1.165, 1.54) is 51.2 Å². The highest BCUT2D eigenvalue weighted by atomic mass is 32.2. The zero-order valence-electron chi connectivity index (χ0n) is 70.2. The van der Waals surface area contributed by atoms with Crippen LogP contribution in [-0.2, 0) is 94.4 Å². The smallest absolute Gasteiger partial charge is 0.407 e. The number of rotatable bonds is 51. The van der Waals surface area contributed by atoms with E-state index in [4.69, 9.17) is 34.3 Å². The van der Waals surface area contributed by atoms with Crippen molar-refractivity contribution in [1.29, 1.82) is 0 Å². The van der Waals surface area contributed by atoms with Gasteiger partial charge in [-0.2, -0.15) is 0 Å². The molecule has 0 aromatic heterocycles. The van der Waals surface area contributed by atoms with Gasteiger partial charge in [0.15, 0.2) is 28.8 Å². The molecule has 3 saturated heterocycles. The predicted octanol–water partition coefficient (Wildman–Crippen LogP) is 7.72. The Kier molecular flexibility index (Phi) is 37.4. The van der Waals surface area contributed by atoms with Crippen molar-refractivity contribution in [3.05, 3.63) is 59.2 Å². The van der Waals surface area contributed by atoms with Crippen molar-refractivity contribution in [1.82, 2.24) is 40.6 Å². The fraction of sp³-hybridized carbons (Fsp3) is 0.679. The summed E-state index contributed by atoms with van der Waals surface area (Å²) in [4.78, 5) is 213. The molecule has 4 aliphatic rings. The number of nitrogens with zero attached hydrogens (tertiary/aromatic N) is 5.